The van der Waals surface area contributed by atoms with E-state index in [1.54, 1.807) is 0 Å². The summed E-state index contributed by atoms with van der Waals surface area (Å²) in [6.07, 6.45) is 6.00. The molecule has 0 aliphatic heterocycles. The summed E-state index contributed by atoms with van der Waals surface area (Å²) >= 11 is 0. The molecule has 114 valence electrons. The molecule has 1 saturated carbocycles. The van der Waals surface area contributed by atoms with E-state index in [0.29, 0.717) is 5.92 Å². The Balaban J connectivity index is 2.56. The van der Waals surface area contributed by atoms with E-state index < -0.39 is 0 Å². The Morgan fingerprint density at radius 1 is 1.37 bits per heavy atom. The van der Waals surface area contributed by atoms with Gasteiger partial charge in [-0.25, -0.2) is 0 Å². The minimum atomic E-state index is -0.00799. The summed E-state index contributed by atoms with van der Waals surface area (Å²) in [6, 6.07) is 0. The maximum absolute atomic E-state index is 9.81. The number of rotatable bonds is 8. The van der Waals surface area contributed by atoms with Crippen LogP contribution in [-0.4, -0.2) is 47.8 Å². The Hall–Kier alpha value is -0.120. The molecule has 0 heterocycles. The summed E-state index contributed by atoms with van der Waals surface area (Å²) in [5.41, 5.74) is 0.268. The van der Waals surface area contributed by atoms with E-state index in [1.165, 1.54) is 25.7 Å². The fraction of sp³-hybridized carbons (Fsp3) is 1.00. The van der Waals surface area contributed by atoms with Crippen LogP contribution in [0.5, 0.6) is 0 Å². The van der Waals surface area contributed by atoms with Gasteiger partial charge in [0.05, 0.1) is 6.61 Å². The first-order valence-electron chi connectivity index (χ1n) is 7.99. The molecule has 1 aliphatic carbocycles. The van der Waals surface area contributed by atoms with Crippen LogP contribution in [0.25, 0.3) is 0 Å². The Bertz CT molecular complexity index is 267. The van der Waals surface area contributed by atoms with Crippen molar-refractivity contribution in [3.05, 3.63) is 0 Å². The summed E-state index contributed by atoms with van der Waals surface area (Å²) in [6.45, 7) is 11.4. The van der Waals surface area contributed by atoms with Crippen molar-refractivity contribution < 1.29 is 5.11 Å². The molecule has 0 aromatic heterocycles. The highest BCUT2D eigenvalue weighted by Crippen LogP contribution is 2.38. The van der Waals surface area contributed by atoms with Crippen LogP contribution in [0.1, 0.15) is 59.8 Å². The molecule has 2 atom stereocenters. The maximum Gasteiger partial charge on any atom is 0.0616 e. The number of nitrogens with one attached hydrogen (secondary N) is 1. The number of likely N-dealkylation sites (N-methyl/N-ethyl adjacent to an activating group) is 1. The Morgan fingerprint density at radius 2 is 2.05 bits per heavy atom. The van der Waals surface area contributed by atoms with E-state index in [0.717, 1.165) is 19.5 Å². The van der Waals surface area contributed by atoms with E-state index in [1.807, 2.05) is 0 Å². The molecule has 0 bridgehead atoms. The fourth-order valence-corrected chi connectivity index (χ4v) is 3.34. The van der Waals surface area contributed by atoms with E-state index >= 15 is 0 Å². The van der Waals surface area contributed by atoms with Gasteiger partial charge in [0.1, 0.15) is 0 Å². The van der Waals surface area contributed by atoms with Gasteiger partial charge in [-0.15, -0.1) is 0 Å². The molecular formula is C16H34N2O. The second-order valence-electron chi connectivity index (χ2n) is 6.81. The lowest BCUT2D eigenvalue weighted by atomic mass is 9.84. The van der Waals surface area contributed by atoms with E-state index in [-0.39, 0.29) is 17.7 Å². The van der Waals surface area contributed by atoms with Crippen molar-refractivity contribution in [2.75, 3.05) is 26.7 Å². The predicted molar refractivity (Wildman–Crippen MR) is 82.5 cm³/mol. The molecule has 0 radical (unpaired) electrons. The maximum atomic E-state index is 9.81. The lowest BCUT2D eigenvalue weighted by Crippen LogP contribution is -2.52. The standard InChI is InChI=1S/C16H34N2O/c1-6-15(3,4)18(5)12-10-14-9-8-11-16(14,13-19)17-7-2/h14,17,19H,6-13H2,1-5H3. The van der Waals surface area contributed by atoms with Crippen molar-refractivity contribution in [3.63, 3.8) is 0 Å². The van der Waals surface area contributed by atoms with Crippen molar-refractivity contribution in [2.24, 2.45) is 5.92 Å². The number of nitrogens with zero attached hydrogens (tertiary/aromatic N) is 1. The van der Waals surface area contributed by atoms with Gasteiger partial charge in [0, 0.05) is 11.1 Å². The highest BCUT2D eigenvalue weighted by atomic mass is 16.3. The number of hydrogen-bond donors (Lipinski definition) is 2. The van der Waals surface area contributed by atoms with Gasteiger partial charge in [0.2, 0.25) is 0 Å². The molecule has 0 amide bonds. The molecule has 0 aromatic rings. The Morgan fingerprint density at radius 3 is 2.58 bits per heavy atom. The van der Waals surface area contributed by atoms with Crippen LogP contribution in [-0.2, 0) is 0 Å². The van der Waals surface area contributed by atoms with Gasteiger partial charge in [-0.2, -0.15) is 0 Å². The highest BCUT2D eigenvalue weighted by Gasteiger charge is 2.41. The van der Waals surface area contributed by atoms with Gasteiger partial charge < -0.3 is 15.3 Å². The fourth-order valence-electron chi connectivity index (χ4n) is 3.34. The van der Waals surface area contributed by atoms with Crippen LogP contribution in [0, 0.1) is 5.92 Å². The molecule has 1 rings (SSSR count). The van der Waals surface area contributed by atoms with Crippen LogP contribution < -0.4 is 5.32 Å². The molecule has 1 fully saturated rings. The number of hydrogen-bond acceptors (Lipinski definition) is 3. The minimum absolute atomic E-state index is 0.00799. The lowest BCUT2D eigenvalue weighted by molar-refractivity contribution is 0.0961. The first-order chi connectivity index (χ1) is 8.91. The highest BCUT2D eigenvalue weighted by molar-refractivity contribution is 4.99. The first kappa shape index (κ1) is 16.9. The van der Waals surface area contributed by atoms with Crippen molar-refractivity contribution in [1.29, 1.82) is 0 Å². The lowest BCUT2D eigenvalue weighted by Gasteiger charge is -2.39. The zero-order valence-corrected chi connectivity index (χ0v) is 13.6. The molecule has 19 heavy (non-hydrogen) atoms. The zero-order chi connectivity index (χ0) is 14.5. The molecule has 3 heteroatoms. The van der Waals surface area contributed by atoms with Crippen LogP contribution in [0.3, 0.4) is 0 Å². The van der Waals surface area contributed by atoms with E-state index in [9.17, 15) is 5.11 Å². The molecule has 0 aromatic carbocycles. The summed E-state index contributed by atoms with van der Waals surface area (Å²) < 4.78 is 0. The van der Waals surface area contributed by atoms with Crippen LogP contribution in [0.2, 0.25) is 0 Å². The molecule has 1 aliphatic rings. The number of aliphatic hydroxyl groups is 1. The molecule has 0 spiro atoms. The average molecular weight is 270 g/mol. The van der Waals surface area contributed by atoms with Gasteiger partial charge in [0.25, 0.3) is 0 Å². The van der Waals surface area contributed by atoms with Gasteiger partial charge in [-0.1, -0.05) is 20.3 Å². The van der Waals surface area contributed by atoms with Crippen molar-refractivity contribution >= 4 is 0 Å². The predicted octanol–water partition coefficient (Wildman–Crippen LogP) is 2.64. The second-order valence-corrected chi connectivity index (χ2v) is 6.81. The van der Waals surface area contributed by atoms with Gasteiger partial charge in [-0.05, 0) is 65.6 Å². The number of aliphatic hydroxyl groups excluding tert-OH is 1. The Labute approximate surface area is 119 Å². The van der Waals surface area contributed by atoms with Crippen LogP contribution in [0.15, 0.2) is 0 Å². The molecule has 0 saturated heterocycles. The molecule has 2 unspecified atom stereocenters. The average Bonchev–Trinajstić information content (AvgIpc) is 2.79. The first-order valence-corrected chi connectivity index (χ1v) is 7.99. The second kappa shape index (κ2) is 7.05. The van der Waals surface area contributed by atoms with Gasteiger partial charge in [-0.3, -0.25) is 0 Å². The smallest absolute Gasteiger partial charge is 0.0616 e. The SMILES string of the molecule is CCNC1(CO)CCCC1CCN(C)C(C)(C)CC. The summed E-state index contributed by atoms with van der Waals surface area (Å²) in [5, 5.41) is 13.4. The third-order valence-corrected chi connectivity index (χ3v) is 5.48. The topological polar surface area (TPSA) is 35.5 Å². The minimum Gasteiger partial charge on any atom is -0.394 e. The third-order valence-electron chi connectivity index (χ3n) is 5.48. The monoisotopic (exact) mass is 270 g/mol. The van der Waals surface area contributed by atoms with Crippen molar-refractivity contribution in [2.45, 2.75) is 70.9 Å². The van der Waals surface area contributed by atoms with E-state index in [2.05, 4.69) is 45.0 Å². The van der Waals surface area contributed by atoms with Crippen LogP contribution in [0.4, 0.5) is 0 Å². The molecular weight excluding hydrogens is 236 g/mol. The zero-order valence-electron chi connectivity index (χ0n) is 13.6. The van der Waals surface area contributed by atoms with Gasteiger partial charge >= 0.3 is 0 Å². The molecule has 2 N–H and O–H groups in total. The summed E-state index contributed by atoms with van der Waals surface area (Å²) in [7, 11) is 2.23. The molecule has 3 nitrogen and oxygen atoms in total. The van der Waals surface area contributed by atoms with Crippen molar-refractivity contribution in [3.8, 4) is 0 Å². The van der Waals surface area contributed by atoms with E-state index in [4.69, 9.17) is 0 Å². The van der Waals surface area contributed by atoms with Crippen molar-refractivity contribution in [1.82, 2.24) is 10.2 Å². The Kier molecular flexibility index (Phi) is 6.28. The van der Waals surface area contributed by atoms with Crippen LogP contribution >= 0.6 is 0 Å². The summed E-state index contributed by atoms with van der Waals surface area (Å²) in [5.74, 6) is 0.618. The quantitative estimate of drug-likeness (QED) is 0.712. The largest absolute Gasteiger partial charge is 0.394 e. The van der Waals surface area contributed by atoms with Gasteiger partial charge in [0.15, 0.2) is 0 Å². The normalized spacial score (nSPS) is 28.3. The third kappa shape index (κ3) is 3.93. The summed E-state index contributed by atoms with van der Waals surface area (Å²) in [4.78, 5) is 2.47.